The van der Waals surface area contributed by atoms with Crippen LogP contribution < -0.4 is 0 Å². The summed E-state index contributed by atoms with van der Waals surface area (Å²) in [4.78, 5) is 0. The molecule has 0 atom stereocenters. The molecule has 0 spiro atoms. The van der Waals surface area contributed by atoms with Gasteiger partial charge in [-0.2, -0.15) is 0 Å². The molecule has 1 rings (SSSR count). The molecule has 0 unspecified atom stereocenters. The third-order valence-electron chi connectivity index (χ3n) is 3.57. The van der Waals surface area contributed by atoms with E-state index in [1.165, 1.54) is 51.4 Å². The van der Waals surface area contributed by atoms with Gasteiger partial charge in [0.05, 0.1) is 13.2 Å². The molecule has 0 aromatic carbocycles. The summed E-state index contributed by atoms with van der Waals surface area (Å²) in [6, 6.07) is 0. The Labute approximate surface area is 134 Å². The molecule has 1 aliphatic heterocycles. The lowest BCUT2D eigenvalue weighted by molar-refractivity contribution is 0.150. The number of hydrogen-bond donors (Lipinski definition) is 1. The van der Waals surface area contributed by atoms with Gasteiger partial charge in [-0.05, 0) is 17.9 Å². The van der Waals surface area contributed by atoms with Crippen LogP contribution in [-0.2, 0) is 9.47 Å². The van der Waals surface area contributed by atoms with E-state index in [9.17, 15) is 0 Å². The molecule has 0 N–H and O–H groups in total. The zero-order chi connectivity index (χ0) is 15.2. The largest absolute Gasteiger partial charge is 0.488 e. The second kappa shape index (κ2) is 13.0. The van der Waals surface area contributed by atoms with E-state index in [4.69, 9.17) is 9.47 Å². The van der Waals surface area contributed by atoms with E-state index in [-0.39, 0.29) is 0 Å². The molecular formula is C18H32O2S. The molecule has 1 aliphatic rings. The highest BCUT2D eigenvalue weighted by molar-refractivity contribution is 8.00. The van der Waals surface area contributed by atoms with Gasteiger partial charge in [0.2, 0.25) is 5.76 Å². The van der Waals surface area contributed by atoms with Gasteiger partial charge in [-0.15, -0.1) is 11.4 Å². The molecule has 2 nitrogen and oxygen atoms in total. The first-order valence-corrected chi connectivity index (χ1v) is 9.63. The molecule has 21 heavy (non-hydrogen) atoms. The third-order valence-corrected chi connectivity index (χ3v) is 4.27. The molecule has 0 fully saturated rings. The molecule has 0 amide bonds. The SMILES string of the molecule is CCCCCCCOC1=C=[SH]C=C1OCCCCCCC. The topological polar surface area (TPSA) is 18.5 Å². The van der Waals surface area contributed by atoms with Crippen LogP contribution in [0.2, 0.25) is 0 Å². The van der Waals surface area contributed by atoms with Crippen molar-refractivity contribution in [1.82, 2.24) is 0 Å². The van der Waals surface area contributed by atoms with E-state index in [0.717, 1.165) is 48.9 Å². The van der Waals surface area contributed by atoms with Gasteiger partial charge in [0, 0.05) is 5.41 Å². The number of hydrogen-bond acceptors (Lipinski definition) is 2. The van der Waals surface area contributed by atoms with Crippen LogP contribution in [0.3, 0.4) is 0 Å². The summed E-state index contributed by atoms with van der Waals surface area (Å²) in [5.41, 5.74) is 0. The van der Waals surface area contributed by atoms with Gasteiger partial charge in [-0.25, -0.2) is 0 Å². The zero-order valence-corrected chi connectivity index (χ0v) is 14.7. The van der Waals surface area contributed by atoms with Crippen molar-refractivity contribution in [1.29, 1.82) is 0 Å². The fourth-order valence-corrected chi connectivity index (χ4v) is 2.90. The lowest BCUT2D eigenvalue weighted by Gasteiger charge is -2.11. The molecule has 1 heterocycles. The summed E-state index contributed by atoms with van der Waals surface area (Å²) >= 11 is 1.06. The van der Waals surface area contributed by atoms with Crippen molar-refractivity contribution in [2.45, 2.75) is 78.1 Å². The van der Waals surface area contributed by atoms with Crippen molar-refractivity contribution in [3.05, 3.63) is 16.9 Å². The van der Waals surface area contributed by atoms with Gasteiger partial charge in [0.25, 0.3) is 0 Å². The van der Waals surface area contributed by atoms with Crippen LogP contribution >= 0.6 is 11.4 Å². The Morgan fingerprint density at radius 3 is 2.00 bits per heavy atom. The molecule has 0 saturated heterocycles. The van der Waals surface area contributed by atoms with Crippen LogP contribution in [0.25, 0.3) is 0 Å². The second-order valence-corrected chi connectivity index (χ2v) is 6.33. The predicted octanol–water partition coefficient (Wildman–Crippen LogP) is 5.57. The Morgan fingerprint density at radius 1 is 0.810 bits per heavy atom. The maximum Gasteiger partial charge on any atom is 0.211 e. The van der Waals surface area contributed by atoms with Crippen molar-refractivity contribution >= 4 is 16.4 Å². The van der Waals surface area contributed by atoms with Gasteiger partial charge in [0.1, 0.15) is 0 Å². The fourth-order valence-electron chi connectivity index (χ4n) is 2.24. The maximum absolute atomic E-state index is 5.82. The molecule has 0 bridgehead atoms. The van der Waals surface area contributed by atoms with Crippen LogP contribution in [-0.4, -0.2) is 18.2 Å². The highest BCUT2D eigenvalue weighted by Crippen LogP contribution is 2.19. The zero-order valence-electron chi connectivity index (χ0n) is 13.8. The van der Waals surface area contributed by atoms with E-state index < -0.39 is 0 Å². The van der Waals surface area contributed by atoms with E-state index in [0.29, 0.717) is 0 Å². The van der Waals surface area contributed by atoms with E-state index >= 15 is 0 Å². The summed E-state index contributed by atoms with van der Waals surface area (Å²) < 4.78 is 11.6. The number of unbranched alkanes of at least 4 members (excludes halogenated alkanes) is 8. The van der Waals surface area contributed by atoms with Crippen LogP contribution in [0.5, 0.6) is 0 Å². The van der Waals surface area contributed by atoms with Crippen LogP contribution in [0, 0.1) is 0 Å². The molecule has 122 valence electrons. The summed E-state index contributed by atoms with van der Waals surface area (Å²) in [5.74, 6) is 1.74. The highest BCUT2D eigenvalue weighted by atomic mass is 32.1. The summed E-state index contributed by atoms with van der Waals surface area (Å²) in [6.45, 7) is 6.07. The van der Waals surface area contributed by atoms with Gasteiger partial charge < -0.3 is 9.47 Å². The Hall–Kier alpha value is -0.660. The van der Waals surface area contributed by atoms with Crippen LogP contribution in [0.15, 0.2) is 16.9 Å². The van der Waals surface area contributed by atoms with Crippen LogP contribution in [0.1, 0.15) is 78.1 Å². The van der Waals surface area contributed by atoms with Gasteiger partial charge in [-0.3, -0.25) is 0 Å². The van der Waals surface area contributed by atoms with Crippen LogP contribution in [0.4, 0.5) is 0 Å². The molecule has 0 saturated carbocycles. The number of ether oxygens (including phenoxy) is 2. The monoisotopic (exact) mass is 312 g/mol. The summed E-state index contributed by atoms with van der Waals surface area (Å²) in [6.07, 6.45) is 12.7. The minimum atomic E-state index is 0.790. The van der Waals surface area contributed by atoms with Crippen molar-refractivity contribution in [2.24, 2.45) is 0 Å². The maximum atomic E-state index is 5.82. The Bertz CT molecular complexity index is 354. The van der Waals surface area contributed by atoms with E-state index in [2.05, 4.69) is 24.3 Å². The van der Waals surface area contributed by atoms with Gasteiger partial charge in [-0.1, -0.05) is 65.2 Å². The first-order chi connectivity index (χ1) is 10.4. The van der Waals surface area contributed by atoms with Crippen molar-refractivity contribution in [2.75, 3.05) is 13.2 Å². The Balaban J connectivity index is 2.04. The molecular weight excluding hydrogens is 280 g/mol. The average Bonchev–Trinajstić information content (AvgIpc) is 2.94. The molecule has 0 radical (unpaired) electrons. The third kappa shape index (κ3) is 9.06. The first kappa shape index (κ1) is 18.4. The Morgan fingerprint density at radius 2 is 1.38 bits per heavy atom. The molecule has 0 aliphatic carbocycles. The smallest absolute Gasteiger partial charge is 0.211 e. The first-order valence-electron chi connectivity index (χ1n) is 8.67. The molecule has 3 heteroatoms. The number of rotatable bonds is 14. The van der Waals surface area contributed by atoms with Gasteiger partial charge >= 0.3 is 0 Å². The van der Waals surface area contributed by atoms with Crippen molar-refractivity contribution in [3.8, 4) is 0 Å². The second-order valence-electron chi connectivity index (χ2n) is 5.59. The summed E-state index contributed by atoms with van der Waals surface area (Å²) in [5, 5.41) is 5.27. The average molecular weight is 313 g/mol. The predicted molar refractivity (Wildman–Crippen MR) is 95.0 cm³/mol. The van der Waals surface area contributed by atoms with E-state index in [1.807, 2.05) is 0 Å². The molecule has 0 aromatic rings. The standard InChI is InChI=1S/C18H32O2S/c1-3-5-7-9-11-13-19-17-15-21-16-18(17)20-14-12-10-8-6-4-2/h15,21H,3-14H2,1-2H3. The van der Waals surface area contributed by atoms with Crippen molar-refractivity contribution in [3.63, 3.8) is 0 Å². The fraction of sp³-hybridized carbons (Fsp3) is 0.778. The molecule has 0 aromatic heterocycles. The Kier molecular flexibility index (Phi) is 11.4. The lowest BCUT2D eigenvalue weighted by Crippen LogP contribution is -2.02. The van der Waals surface area contributed by atoms with Gasteiger partial charge in [0.15, 0.2) is 5.76 Å². The van der Waals surface area contributed by atoms with E-state index in [1.54, 1.807) is 0 Å². The highest BCUT2D eigenvalue weighted by Gasteiger charge is 2.10. The minimum absolute atomic E-state index is 0.790. The normalized spacial score (nSPS) is 13.6. The summed E-state index contributed by atoms with van der Waals surface area (Å²) in [7, 11) is 0. The number of thiol groups is 1. The quantitative estimate of drug-likeness (QED) is 0.257. The lowest BCUT2D eigenvalue weighted by atomic mass is 10.2. The minimum Gasteiger partial charge on any atom is -0.488 e. The van der Waals surface area contributed by atoms with Crippen molar-refractivity contribution < 1.29 is 9.47 Å².